The molecule has 2 aromatic rings. The lowest BCUT2D eigenvalue weighted by Crippen LogP contribution is -2.32. The van der Waals surface area contributed by atoms with Crippen LogP contribution in [0.4, 0.5) is 4.39 Å². The summed E-state index contributed by atoms with van der Waals surface area (Å²) in [6, 6.07) is 8.21. The lowest BCUT2D eigenvalue weighted by molar-refractivity contribution is 0.0944. The number of nitrogens with zero attached hydrogens (tertiary/aromatic N) is 2. The van der Waals surface area contributed by atoms with Gasteiger partial charge in [-0.3, -0.25) is 9.48 Å². The normalized spacial score (nSPS) is 18.1. The monoisotopic (exact) mass is 302 g/mol. The molecular formula is C16H19FN4O. The number of aromatic nitrogens is 2. The van der Waals surface area contributed by atoms with E-state index in [4.69, 9.17) is 0 Å². The lowest BCUT2D eigenvalue weighted by Gasteiger charge is -2.22. The van der Waals surface area contributed by atoms with Gasteiger partial charge in [0.15, 0.2) is 0 Å². The van der Waals surface area contributed by atoms with Crippen molar-refractivity contribution in [2.45, 2.75) is 25.4 Å². The third-order valence-corrected chi connectivity index (χ3v) is 3.83. The Labute approximate surface area is 128 Å². The van der Waals surface area contributed by atoms with Crippen molar-refractivity contribution in [3.05, 3.63) is 53.6 Å². The predicted molar refractivity (Wildman–Crippen MR) is 80.9 cm³/mol. The fourth-order valence-corrected chi connectivity index (χ4v) is 2.64. The van der Waals surface area contributed by atoms with Gasteiger partial charge in [0.05, 0.1) is 6.04 Å². The minimum absolute atomic E-state index is 0.244. The molecule has 0 bridgehead atoms. The number of hydrogen-bond donors (Lipinski definition) is 2. The molecule has 0 spiro atoms. The molecule has 1 unspecified atom stereocenters. The first-order chi connectivity index (χ1) is 10.7. The maximum absolute atomic E-state index is 13.1. The van der Waals surface area contributed by atoms with Gasteiger partial charge in [-0.25, -0.2) is 4.39 Å². The van der Waals surface area contributed by atoms with Crippen LogP contribution < -0.4 is 10.6 Å². The van der Waals surface area contributed by atoms with Crippen molar-refractivity contribution in [2.75, 3.05) is 13.1 Å². The van der Waals surface area contributed by atoms with Crippen molar-refractivity contribution in [3.8, 4) is 0 Å². The fourth-order valence-electron chi connectivity index (χ4n) is 2.64. The first kappa shape index (κ1) is 14.7. The van der Waals surface area contributed by atoms with Gasteiger partial charge in [-0.2, -0.15) is 5.10 Å². The smallest absolute Gasteiger partial charge is 0.272 e. The molecule has 2 heterocycles. The molecule has 5 nitrogen and oxygen atoms in total. The zero-order chi connectivity index (χ0) is 15.4. The second-order valence-corrected chi connectivity index (χ2v) is 5.49. The molecule has 1 aromatic heterocycles. The van der Waals surface area contributed by atoms with Crippen molar-refractivity contribution < 1.29 is 9.18 Å². The van der Waals surface area contributed by atoms with E-state index in [1.165, 1.54) is 12.1 Å². The topological polar surface area (TPSA) is 59.0 Å². The summed E-state index contributed by atoms with van der Waals surface area (Å²) in [6.45, 7) is 2.21. The predicted octanol–water partition coefficient (Wildman–Crippen LogP) is 1.88. The Morgan fingerprint density at radius 2 is 2.36 bits per heavy atom. The Bertz CT molecular complexity index is 649. The minimum atomic E-state index is -0.305. The average molecular weight is 302 g/mol. The Kier molecular flexibility index (Phi) is 4.48. The quantitative estimate of drug-likeness (QED) is 0.906. The Morgan fingerprint density at radius 3 is 3.14 bits per heavy atom. The molecule has 116 valence electrons. The molecule has 0 radical (unpaired) electrons. The highest BCUT2D eigenvalue weighted by atomic mass is 19.1. The van der Waals surface area contributed by atoms with Gasteiger partial charge in [-0.1, -0.05) is 12.1 Å². The van der Waals surface area contributed by atoms with Gasteiger partial charge >= 0.3 is 0 Å². The first-order valence-electron chi connectivity index (χ1n) is 7.51. The summed E-state index contributed by atoms with van der Waals surface area (Å²) in [7, 11) is 0. The summed E-state index contributed by atoms with van der Waals surface area (Å²) in [4.78, 5) is 12.1. The van der Waals surface area contributed by atoms with Crippen molar-refractivity contribution in [1.82, 2.24) is 20.4 Å². The number of amides is 1. The van der Waals surface area contributed by atoms with Gasteiger partial charge in [0.25, 0.3) is 5.91 Å². The summed E-state index contributed by atoms with van der Waals surface area (Å²) in [5.41, 5.74) is 1.12. The van der Waals surface area contributed by atoms with Gasteiger partial charge in [0.2, 0.25) is 0 Å². The molecular weight excluding hydrogens is 283 g/mol. The van der Waals surface area contributed by atoms with Gasteiger partial charge in [-0.05, 0) is 43.1 Å². The van der Waals surface area contributed by atoms with Crippen LogP contribution in [-0.2, 0) is 6.54 Å². The van der Waals surface area contributed by atoms with Crippen LogP contribution in [0.2, 0.25) is 0 Å². The van der Waals surface area contributed by atoms with Gasteiger partial charge in [0.1, 0.15) is 11.5 Å². The van der Waals surface area contributed by atoms with Crippen LogP contribution in [0.25, 0.3) is 0 Å². The van der Waals surface area contributed by atoms with Gasteiger partial charge < -0.3 is 10.6 Å². The van der Waals surface area contributed by atoms with Gasteiger partial charge in [-0.15, -0.1) is 0 Å². The van der Waals surface area contributed by atoms with E-state index in [2.05, 4.69) is 15.7 Å². The SMILES string of the molecule is O=C(NCc1cccc(F)c1)c1ccn(C2CCCNC2)n1. The Hall–Kier alpha value is -2.21. The van der Waals surface area contributed by atoms with Crippen LogP contribution >= 0.6 is 0 Å². The summed E-state index contributed by atoms with van der Waals surface area (Å²) < 4.78 is 14.9. The maximum atomic E-state index is 13.1. The van der Waals surface area contributed by atoms with Crippen LogP contribution in [0.1, 0.15) is 34.9 Å². The van der Waals surface area contributed by atoms with Crippen LogP contribution in [0.15, 0.2) is 36.5 Å². The molecule has 0 saturated carbocycles. The van der Waals surface area contributed by atoms with Gasteiger partial charge in [0, 0.05) is 19.3 Å². The van der Waals surface area contributed by atoms with E-state index in [1.807, 2.05) is 10.9 Å². The van der Waals surface area contributed by atoms with Crippen molar-refractivity contribution >= 4 is 5.91 Å². The number of carbonyl (C=O) groups excluding carboxylic acids is 1. The Balaban J connectivity index is 1.59. The molecule has 1 saturated heterocycles. The zero-order valence-corrected chi connectivity index (χ0v) is 12.3. The van der Waals surface area contributed by atoms with Crippen LogP contribution in [0, 0.1) is 5.82 Å². The highest BCUT2D eigenvalue weighted by molar-refractivity contribution is 5.92. The molecule has 1 atom stereocenters. The van der Waals surface area contributed by atoms with E-state index in [0.29, 0.717) is 11.7 Å². The molecule has 0 aliphatic carbocycles. The number of benzene rings is 1. The number of rotatable bonds is 4. The minimum Gasteiger partial charge on any atom is -0.347 e. The summed E-state index contributed by atoms with van der Waals surface area (Å²) in [5, 5.41) is 10.4. The van der Waals surface area contributed by atoms with Crippen LogP contribution in [0.5, 0.6) is 0 Å². The van der Waals surface area contributed by atoms with E-state index >= 15 is 0 Å². The second-order valence-electron chi connectivity index (χ2n) is 5.49. The molecule has 2 N–H and O–H groups in total. The van der Waals surface area contributed by atoms with E-state index < -0.39 is 0 Å². The van der Waals surface area contributed by atoms with Crippen LogP contribution in [0.3, 0.4) is 0 Å². The van der Waals surface area contributed by atoms with Crippen LogP contribution in [-0.4, -0.2) is 28.8 Å². The number of halogens is 1. The summed E-state index contributed by atoms with van der Waals surface area (Å²) >= 11 is 0. The highest BCUT2D eigenvalue weighted by Gasteiger charge is 2.17. The third kappa shape index (κ3) is 3.51. The number of nitrogens with one attached hydrogen (secondary N) is 2. The zero-order valence-electron chi connectivity index (χ0n) is 12.3. The molecule has 22 heavy (non-hydrogen) atoms. The summed E-state index contributed by atoms with van der Waals surface area (Å²) in [5.74, 6) is -0.549. The molecule has 1 aliphatic rings. The van der Waals surface area contributed by atoms with E-state index in [0.717, 1.165) is 31.5 Å². The molecule has 1 amide bonds. The molecule has 1 aromatic carbocycles. The average Bonchev–Trinajstić information content (AvgIpc) is 3.04. The third-order valence-electron chi connectivity index (χ3n) is 3.83. The molecule has 3 rings (SSSR count). The highest BCUT2D eigenvalue weighted by Crippen LogP contribution is 2.15. The number of hydrogen-bond acceptors (Lipinski definition) is 3. The fraction of sp³-hybridized carbons (Fsp3) is 0.375. The molecule has 6 heteroatoms. The Morgan fingerprint density at radius 1 is 1.45 bits per heavy atom. The number of carbonyl (C=O) groups is 1. The van der Waals surface area contributed by atoms with E-state index in [9.17, 15) is 9.18 Å². The summed E-state index contributed by atoms with van der Waals surface area (Å²) in [6.07, 6.45) is 4.03. The maximum Gasteiger partial charge on any atom is 0.272 e. The molecule has 1 fully saturated rings. The lowest BCUT2D eigenvalue weighted by atomic mass is 10.1. The number of piperidine rings is 1. The largest absolute Gasteiger partial charge is 0.347 e. The second kappa shape index (κ2) is 6.70. The van der Waals surface area contributed by atoms with Crippen molar-refractivity contribution in [1.29, 1.82) is 0 Å². The molecule has 1 aliphatic heterocycles. The van der Waals surface area contributed by atoms with Crippen molar-refractivity contribution in [2.24, 2.45) is 0 Å². The van der Waals surface area contributed by atoms with E-state index in [1.54, 1.807) is 18.2 Å². The standard InChI is InChI=1S/C16H19FN4O/c17-13-4-1-3-12(9-13)10-19-16(22)15-6-8-21(20-15)14-5-2-7-18-11-14/h1,3-4,6,8-9,14,18H,2,5,7,10-11H2,(H,19,22). The first-order valence-corrected chi connectivity index (χ1v) is 7.51. The van der Waals surface area contributed by atoms with E-state index in [-0.39, 0.29) is 18.3 Å². The van der Waals surface area contributed by atoms with Crippen molar-refractivity contribution in [3.63, 3.8) is 0 Å².